The fraction of sp³-hybridized carbons (Fsp3) is 0.125. The Kier molecular flexibility index (Phi) is 6.05. The van der Waals surface area contributed by atoms with Gasteiger partial charge in [0.25, 0.3) is 0 Å². The predicted octanol–water partition coefficient (Wildman–Crippen LogP) is 5.15. The molecule has 4 nitrogen and oxygen atoms in total. The Hall–Kier alpha value is -3.25. The fourth-order valence-corrected chi connectivity index (χ4v) is 3.83. The third-order valence-electron chi connectivity index (χ3n) is 4.62. The molecule has 0 aliphatic heterocycles. The van der Waals surface area contributed by atoms with Crippen molar-refractivity contribution in [2.24, 2.45) is 0 Å². The van der Waals surface area contributed by atoms with E-state index < -0.39 is 0 Å². The Morgan fingerprint density at radius 1 is 0.967 bits per heavy atom. The monoisotopic (exact) mass is 417 g/mol. The van der Waals surface area contributed by atoms with Gasteiger partial charge in [0, 0.05) is 17.5 Å². The summed E-state index contributed by atoms with van der Waals surface area (Å²) >= 11 is 1.38. The van der Waals surface area contributed by atoms with E-state index in [1.165, 1.54) is 29.5 Å². The average molecular weight is 418 g/mol. The van der Waals surface area contributed by atoms with Crippen LogP contribution in [0.2, 0.25) is 0 Å². The van der Waals surface area contributed by atoms with Crippen LogP contribution in [0.1, 0.15) is 11.1 Å². The number of hydrogen-bond acceptors (Lipinski definition) is 4. The SMILES string of the molecule is Cc1ccc(-c2nc(SCC(=O)NCc3ccc(F)cc3)c3ccccc3n2)cc1. The molecule has 0 saturated heterocycles. The van der Waals surface area contributed by atoms with Gasteiger partial charge in [0.1, 0.15) is 10.8 Å². The topological polar surface area (TPSA) is 54.9 Å². The summed E-state index contributed by atoms with van der Waals surface area (Å²) in [7, 11) is 0. The molecule has 0 radical (unpaired) electrons. The Morgan fingerprint density at radius 2 is 1.70 bits per heavy atom. The number of para-hydroxylation sites is 1. The van der Waals surface area contributed by atoms with Crippen LogP contribution in [0.4, 0.5) is 4.39 Å². The van der Waals surface area contributed by atoms with E-state index in [4.69, 9.17) is 9.97 Å². The van der Waals surface area contributed by atoms with Gasteiger partial charge in [-0.2, -0.15) is 0 Å². The van der Waals surface area contributed by atoms with Crippen LogP contribution in [0.3, 0.4) is 0 Å². The van der Waals surface area contributed by atoms with Gasteiger partial charge in [0.05, 0.1) is 11.3 Å². The zero-order valence-electron chi connectivity index (χ0n) is 16.4. The van der Waals surface area contributed by atoms with Crippen LogP contribution in [0.25, 0.3) is 22.3 Å². The van der Waals surface area contributed by atoms with Crippen molar-refractivity contribution in [1.29, 1.82) is 0 Å². The maximum atomic E-state index is 13.0. The number of aromatic nitrogens is 2. The molecule has 0 spiro atoms. The van der Waals surface area contributed by atoms with Crippen molar-refractivity contribution < 1.29 is 9.18 Å². The number of benzene rings is 3. The average Bonchev–Trinajstić information content (AvgIpc) is 2.77. The molecule has 4 aromatic rings. The van der Waals surface area contributed by atoms with Crippen LogP contribution in [0, 0.1) is 12.7 Å². The highest BCUT2D eigenvalue weighted by molar-refractivity contribution is 8.00. The number of fused-ring (bicyclic) bond motifs is 1. The highest BCUT2D eigenvalue weighted by Crippen LogP contribution is 2.28. The quantitative estimate of drug-likeness (QED) is 0.348. The summed E-state index contributed by atoms with van der Waals surface area (Å²) < 4.78 is 13.0. The van der Waals surface area contributed by atoms with Gasteiger partial charge in [-0.05, 0) is 30.7 Å². The molecule has 1 aromatic heterocycles. The molecule has 0 saturated carbocycles. The minimum absolute atomic E-state index is 0.107. The summed E-state index contributed by atoms with van der Waals surface area (Å²) in [6.07, 6.45) is 0. The van der Waals surface area contributed by atoms with E-state index in [-0.39, 0.29) is 17.5 Å². The molecule has 3 aromatic carbocycles. The molecule has 30 heavy (non-hydrogen) atoms. The van der Waals surface area contributed by atoms with E-state index in [0.717, 1.165) is 27.1 Å². The number of halogens is 1. The normalized spacial score (nSPS) is 10.9. The fourth-order valence-electron chi connectivity index (χ4n) is 2.98. The van der Waals surface area contributed by atoms with Gasteiger partial charge in [-0.15, -0.1) is 0 Å². The lowest BCUT2D eigenvalue weighted by Crippen LogP contribution is -2.24. The van der Waals surface area contributed by atoms with Crippen molar-refractivity contribution in [3.63, 3.8) is 0 Å². The molecule has 0 bridgehead atoms. The minimum atomic E-state index is -0.291. The van der Waals surface area contributed by atoms with Crippen molar-refractivity contribution >= 4 is 28.6 Å². The molecule has 0 aliphatic carbocycles. The van der Waals surface area contributed by atoms with E-state index in [1.54, 1.807) is 12.1 Å². The van der Waals surface area contributed by atoms with Crippen LogP contribution < -0.4 is 5.32 Å². The summed E-state index contributed by atoms with van der Waals surface area (Å²) in [5.74, 6) is 0.475. The lowest BCUT2D eigenvalue weighted by molar-refractivity contribution is -0.118. The predicted molar refractivity (Wildman–Crippen MR) is 119 cm³/mol. The van der Waals surface area contributed by atoms with E-state index in [9.17, 15) is 9.18 Å². The van der Waals surface area contributed by atoms with Crippen LogP contribution in [0.15, 0.2) is 77.8 Å². The van der Waals surface area contributed by atoms with E-state index in [0.29, 0.717) is 12.4 Å². The van der Waals surface area contributed by atoms with Crippen molar-refractivity contribution in [1.82, 2.24) is 15.3 Å². The first kappa shape index (κ1) is 20.0. The molecule has 0 aliphatic rings. The Balaban J connectivity index is 1.50. The second-order valence-electron chi connectivity index (χ2n) is 6.93. The number of aryl methyl sites for hydroxylation is 1. The van der Waals surface area contributed by atoms with Crippen LogP contribution in [-0.2, 0) is 11.3 Å². The summed E-state index contributed by atoms with van der Waals surface area (Å²) in [4.78, 5) is 21.8. The maximum Gasteiger partial charge on any atom is 0.230 e. The third kappa shape index (κ3) is 4.83. The van der Waals surface area contributed by atoms with Gasteiger partial charge < -0.3 is 5.32 Å². The van der Waals surface area contributed by atoms with E-state index in [1.807, 2.05) is 55.5 Å². The number of nitrogens with zero attached hydrogens (tertiary/aromatic N) is 2. The molecule has 6 heteroatoms. The molecule has 1 N–H and O–H groups in total. The summed E-state index contributed by atoms with van der Waals surface area (Å²) in [6, 6.07) is 22.0. The second-order valence-corrected chi connectivity index (χ2v) is 7.89. The number of carbonyl (C=O) groups excluding carboxylic acids is 1. The lowest BCUT2D eigenvalue weighted by Gasteiger charge is -2.09. The first-order chi connectivity index (χ1) is 14.6. The van der Waals surface area contributed by atoms with Crippen LogP contribution in [-0.4, -0.2) is 21.6 Å². The highest BCUT2D eigenvalue weighted by Gasteiger charge is 2.12. The first-order valence-corrected chi connectivity index (χ1v) is 10.5. The molecule has 0 unspecified atom stereocenters. The summed E-state index contributed by atoms with van der Waals surface area (Å²) in [5.41, 5.74) is 3.81. The number of carbonyl (C=O) groups is 1. The van der Waals surface area contributed by atoms with E-state index in [2.05, 4.69) is 5.32 Å². The molecule has 1 heterocycles. The van der Waals surface area contributed by atoms with Gasteiger partial charge in [-0.1, -0.05) is 71.9 Å². The van der Waals surface area contributed by atoms with Crippen molar-refractivity contribution in [2.45, 2.75) is 18.5 Å². The van der Waals surface area contributed by atoms with Crippen molar-refractivity contribution in [3.05, 3.63) is 89.7 Å². The van der Waals surface area contributed by atoms with Gasteiger partial charge in [0.2, 0.25) is 5.91 Å². The van der Waals surface area contributed by atoms with Gasteiger partial charge >= 0.3 is 0 Å². The van der Waals surface area contributed by atoms with Crippen molar-refractivity contribution in [2.75, 3.05) is 5.75 Å². The Labute approximate surface area is 178 Å². The zero-order chi connectivity index (χ0) is 20.9. The van der Waals surface area contributed by atoms with Crippen LogP contribution in [0.5, 0.6) is 0 Å². The number of thioether (sulfide) groups is 1. The zero-order valence-corrected chi connectivity index (χ0v) is 17.2. The Morgan fingerprint density at radius 3 is 2.47 bits per heavy atom. The number of amides is 1. The first-order valence-electron chi connectivity index (χ1n) is 9.56. The minimum Gasteiger partial charge on any atom is -0.351 e. The van der Waals surface area contributed by atoms with Crippen molar-refractivity contribution in [3.8, 4) is 11.4 Å². The lowest BCUT2D eigenvalue weighted by atomic mass is 10.1. The van der Waals surface area contributed by atoms with Gasteiger partial charge in [0.15, 0.2) is 5.82 Å². The number of hydrogen-bond donors (Lipinski definition) is 1. The molecule has 0 atom stereocenters. The maximum absolute atomic E-state index is 13.0. The van der Waals surface area contributed by atoms with Gasteiger partial charge in [-0.25, -0.2) is 14.4 Å². The summed E-state index contributed by atoms with van der Waals surface area (Å²) in [5, 5.41) is 4.56. The van der Waals surface area contributed by atoms with Crippen LogP contribution >= 0.6 is 11.8 Å². The van der Waals surface area contributed by atoms with Gasteiger partial charge in [-0.3, -0.25) is 4.79 Å². The standard InChI is InChI=1S/C24H20FN3OS/c1-16-6-10-18(11-7-16)23-27-21-5-3-2-4-20(21)24(28-23)30-15-22(29)26-14-17-8-12-19(25)13-9-17/h2-13H,14-15H2,1H3,(H,26,29). The third-order valence-corrected chi connectivity index (χ3v) is 5.61. The molecular formula is C24H20FN3OS. The largest absolute Gasteiger partial charge is 0.351 e. The number of nitrogens with one attached hydrogen (secondary N) is 1. The summed E-state index contributed by atoms with van der Waals surface area (Å²) in [6.45, 7) is 2.40. The van der Waals surface area contributed by atoms with E-state index >= 15 is 0 Å². The Bertz CT molecular complexity index is 1180. The molecule has 4 rings (SSSR count). The molecule has 1 amide bonds. The highest BCUT2D eigenvalue weighted by atomic mass is 32.2. The second kappa shape index (κ2) is 9.05. The smallest absolute Gasteiger partial charge is 0.230 e. The molecular weight excluding hydrogens is 397 g/mol. The molecule has 150 valence electrons. The number of rotatable bonds is 6. The molecule has 0 fully saturated rings.